The van der Waals surface area contributed by atoms with E-state index in [-0.39, 0.29) is 0 Å². The van der Waals surface area contributed by atoms with E-state index in [4.69, 9.17) is 9.72 Å². The van der Waals surface area contributed by atoms with Crippen LogP contribution in [0.25, 0.3) is 10.2 Å². The molecule has 4 nitrogen and oxygen atoms in total. The first kappa shape index (κ1) is 15.7. The number of rotatable bonds is 6. The fraction of sp³-hybridized carbons (Fsp3) is 0.588. The molecule has 1 aromatic carbocycles. The van der Waals surface area contributed by atoms with Crippen LogP contribution in [-0.2, 0) is 6.54 Å². The first-order valence-electron chi connectivity index (χ1n) is 8.02. The zero-order valence-corrected chi connectivity index (χ0v) is 14.5. The number of aromatic nitrogens is 1. The highest BCUT2D eigenvalue weighted by atomic mass is 32.1. The molecule has 2 heterocycles. The number of hydrogen-bond acceptors (Lipinski definition) is 5. The molecule has 1 aromatic heterocycles. The highest BCUT2D eigenvalue weighted by Gasteiger charge is 2.24. The van der Waals surface area contributed by atoms with E-state index in [0.717, 1.165) is 30.3 Å². The third-order valence-corrected chi connectivity index (χ3v) is 5.48. The molecule has 0 amide bonds. The van der Waals surface area contributed by atoms with Crippen molar-refractivity contribution in [2.45, 2.75) is 19.9 Å². The Morgan fingerprint density at radius 1 is 1.45 bits per heavy atom. The lowest BCUT2D eigenvalue weighted by Crippen LogP contribution is -2.28. The van der Waals surface area contributed by atoms with Crippen LogP contribution in [0.2, 0.25) is 0 Å². The Kier molecular flexibility index (Phi) is 4.96. The predicted octanol–water partition coefficient (Wildman–Crippen LogP) is 3.08. The molecular formula is C17H25N3OS. The Balaban J connectivity index is 1.62. The normalized spacial score (nSPS) is 19.4. The summed E-state index contributed by atoms with van der Waals surface area (Å²) in [5.74, 6) is 1.71. The number of thiazole rings is 1. The molecular weight excluding hydrogens is 294 g/mol. The fourth-order valence-electron chi connectivity index (χ4n) is 3.11. The highest BCUT2D eigenvalue weighted by molar-refractivity contribution is 7.18. The maximum Gasteiger partial charge on any atom is 0.120 e. The first-order valence-corrected chi connectivity index (χ1v) is 8.84. The number of benzene rings is 1. The van der Waals surface area contributed by atoms with Crippen LogP contribution >= 0.6 is 11.3 Å². The van der Waals surface area contributed by atoms with Gasteiger partial charge in [0.25, 0.3) is 0 Å². The van der Waals surface area contributed by atoms with Crippen LogP contribution in [0.5, 0.6) is 5.75 Å². The van der Waals surface area contributed by atoms with E-state index >= 15 is 0 Å². The molecule has 0 bridgehead atoms. The summed E-state index contributed by atoms with van der Waals surface area (Å²) in [5, 5.41) is 1.22. The lowest BCUT2D eigenvalue weighted by atomic mass is 10.1. The van der Waals surface area contributed by atoms with Gasteiger partial charge in [0.2, 0.25) is 0 Å². The van der Waals surface area contributed by atoms with Gasteiger partial charge in [-0.25, -0.2) is 4.98 Å². The van der Waals surface area contributed by atoms with Crippen molar-refractivity contribution in [1.82, 2.24) is 14.8 Å². The van der Waals surface area contributed by atoms with Gasteiger partial charge in [-0.05, 0) is 50.7 Å². The van der Waals surface area contributed by atoms with Gasteiger partial charge < -0.3 is 9.64 Å². The Morgan fingerprint density at radius 2 is 2.32 bits per heavy atom. The molecule has 1 atom stereocenters. The molecule has 1 aliphatic rings. The Labute approximate surface area is 136 Å². The zero-order chi connectivity index (χ0) is 15.5. The summed E-state index contributed by atoms with van der Waals surface area (Å²) in [6, 6.07) is 6.12. The molecule has 2 aromatic rings. The van der Waals surface area contributed by atoms with Crippen LogP contribution in [0.15, 0.2) is 18.2 Å². The maximum atomic E-state index is 5.29. The second-order valence-corrected chi connectivity index (χ2v) is 7.30. The number of fused-ring (bicyclic) bond motifs is 1. The molecule has 1 saturated heterocycles. The summed E-state index contributed by atoms with van der Waals surface area (Å²) in [7, 11) is 3.92. The lowest BCUT2D eigenvalue weighted by Gasteiger charge is -2.19. The standard InChI is InChI=1S/C17H25N3OS/c1-4-19(2)10-13-7-8-20(11-13)12-17-18-15-6-5-14(21-3)9-16(15)22-17/h5-6,9,13H,4,7-8,10-12H2,1-3H3. The quantitative estimate of drug-likeness (QED) is 0.818. The second-order valence-electron chi connectivity index (χ2n) is 6.19. The number of likely N-dealkylation sites (tertiary alicyclic amines) is 1. The van der Waals surface area contributed by atoms with Gasteiger partial charge in [0.1, 0.15) is 10.8 Å². The molecule has 120 valence electrons. The van der Waals surface area contributed by atoms with Gasteiger partial charge >= 0.3 is 0 Å². The van der Waals surface area contributed by atoms with Crippen molar-refractivity contribution in [1.29, 1.82) is 0 Å². The van der Waals surface area contributed by atoms with Gasteiger partial charge in [-0.1, -0.05) is 6.92 Å². The van der Waals surface area contributed by atoms with E-state index in [1.165, 1.54) is 35.8 Å². The average Bonchev–Trinajstić information content (AvgIpc) is 3.12. The van der Waals surface area contributed by atoms with Gasteiger partial charge in [0, 0.05) is 13.1 Å². The number of ether oxygens (including phenoxy) is 1. The van der Waals surface area contributed by atoms with Crippen molar-refractivity contribution in [2.75, 3.05) is 40.3 Å². The van der Waals surface area contributed by atoms with E-state index in [1.54, 1.807) is 18.4 Å². The third-order valence-electron chi connectivity index (χ3n) is 4.48. The zero-order valence-electron chi connectivity index (χ0n) is 13.7. The molecule has 5 heteroatoms. The van der Waals surface area contributed by atoms with Crippen molar-refractivity contribution in [3.8, 4) is 5.75 Å². The van der Waals surface area contributed by atoms with E-state index < -0.39 is 0 Å². The minimum Gasteiger partial charge on any atom is -0.497 e. The predicted molar refractivity (Wildman–Crippen MR) is 92.7 cm³/mol. The van der Waals surface area contributed by atoms with Gasteiger partial charge in [0.15, 0.2) is 0 Å². The third kappa shape index (κ3) is 3.59. The summed E-state index contributed by atoms with van der Waals surface area (Å²) in [5.41, 5.74) is 1.09. The monoisotopic (exact) mass is 319 g/mol. The van der Waals surface area contributed by atoms with E-state index in [2.05, 4.69) is 35.9 Å². The minimum absolute atomic E-state index is 0.805. The lowest BCUT2D eigenvalue weighted by molar-refractivity contribution is 0.267. The van der Waals surface area contributed by atoms with Crippen molar-refractivity contribution >= 4 is 21.6 Å². The summed E-state index contributed by atoms with van der Waals surface area (Å²) >= 11 is 1.79. The minimum atomic E-state index is 0.805. The van der Waals surface area contributed by atoms with Crippen LogP contribution in [0.4, 0.5) is 0 Å². The number of hydrogen-bond donors (Lipinski definition) is 0. The van der Waals surface area contributed by atoms with E-state index in [9.17, 15) is 0 Å². The summed E-state index contributed by atoms with van der Waals surface area (Å²) in [4.78, 5) is 9.72. The molecule has 0 N–H and O–H groups in total. The summed E-state index contributed by atoms with van der Waals surface area (Å²) in [6.07, 6.45) is 1.31. The van der Waals surface area contributed by atoms with Crippen molar-refractivity contribution in [2.24, 2.45) is 5.92 Å². The van der Waals surface area contributed by atoms with Crippen LogP contribution in [0.1, 0.15) is 18.4 Å². The van der Waals surface area contributed by atoms with Crippen molar-refractivity contribution in [3.63, 3.8) is 0 Å². The van der Waals surface area contributed by atoms with Crippen molar-refractivity contribution < 1.29 is 4.74 Å². The summed E-state index contributed by atoms with van der Waals surface area (Å²) < 4.78 is 6.51. The second kappa shape index (κ2) is 6.94. The topological polar surface area (TPSA) is 28.6 Å². The molecule has 1 unspecified atom stereocenters. The van der Waals surface area contributed by atoms with E-state index in [0.29, 0.717) is 0 Å². The SMILES string of the molecule is CCN(C)CC1CCN(Cc2nc3ccc(OC)cc3s2)C1. The van der Waals surface area contributed by atoms with Crippen LogP contribution < -0.4 is 4.74 Å². The Hall–Kier alpha value is -1.17. The van der Waals surface area contributed by atoms with Crippen LogP contribution in [0, 0.1) is 5.92 Å². The largest absolute Gasteiger partial charge is 0.497 e. The van der Waals surface area contributed by atoms with Crippen LogP contribution in [-0.4, -0.2) is 55.1 Å². The average molecular weight is 319 g/mol. The number of nitrogens with zero attached hydrogens (tertiary/aromatic N) is 3. The molecule has 3 rings (SSSR count). The number of methoxy groups -OCH3 is 1. The Bertz CT molecular complexity index is 627. The van der Waals surface area contributed by atoms with Crippen molar-refractivity contribution in [3.05, 3.63) is 23.2 Å². The van der Waals surface area contributed by atoms with E-state index in [1.807, 2.05) is 6.07 Å². The smallest absolute Gasteiger partial charge is 0.120 e. The molecule has 0 saturated carbocycles. The van der Waals surface area contributed by atoms with Gasteiger partial charge in [-0.15, -0.1) is 11.3 Å². The van der Waals surface area contributed by atoms with Gasteiger partial charge in [-0.3, -0.25) is 4.90 Å². The Morgan fingerprint density at radius 3 is 3.09 bits per heavy atom. The molecule has 0 spiro atoms. The highest BCUT2D eigenvalue weighted by Crippen LogP contribution is 2.28. The first-order chi connectivity index (χ1) is 10.7. The molecule has 1 aliphatic heterocycles. The van der Waals surface area contributed by atoms with Gasteiger partial charge in [-0.2, -0.15) is 0 Å². The molecule has 0 aliphatic carbocycles. The molecule has 0 radical (unpaired) electrons. The summed E-state index contributed by atoms with van der Waals surface area (Å²) in [6.45, 7) is 7.95. The fourth-order valence-corrected chi connectivity index (χ4v) is 4.15. The van der Waals surface area contributed by atoms with Gasteiger partial charge in [0.05, 0.1) is 23.9 Å². The molecule has 1 fully saturated rings. The molecule has 22 heavy (non-hydrogen) atoms. The van der Waals surface area contributed by atoms with Crippen LogP contribution in [0.3, 0.4) is 0 Å². The maximum absolute atomic E-state index is 5.29.